The second-order valence-corrected chi connectivity index (χ2v) is 3.40. The molecule has 1 heterocycles. The van der Waals surface area contributed by atoms with E-state index in [9.17, 15) is 4.79 Å². The van der Waals surface area contributed by atoms with E-state index in [-0.39, 0.29) is 6.04 Å². The van der Waals surface area contributed by atoms with Gasteiger partial charge in [-0.05, 0) is 12.8 Å². The molecule has 5 N–H and O–H groups in total. The Labute approximate surface area is 75.5 Å². The third-order valence-corrected chi connectivity index (χ3v) is 2.42. The van der Waals surface area contributed by atoms with Crippen LogP contribution in [-0.4, -0.2) is 22.1 Å². The van der Waals surface area contributed by atoms with E-state index >= 15 is 0 Å². The van der Waals surface area contributed by atoms with Crippen LogP contribution in [0, 0.1) is 0 Å². The van der Waals surface area contributed by atoms with Gasteiger partial charge in [-0.3, -0.25) is 9.89 Å². The van der Waals surface area contributed by atoms with E-state index in [2.05, 4.69) is 10.2 Å². The number of nitrogens with zero attached hydrogens (tertiary/aromatic N) is 1. The topological polar surface area (TPSA) is 97.8 Å². The van der Waals surface area contributed by atoms with Crippen molar-refractivity contribution in [2.24, 2.45) is 11.5 Å². The van der Waals surface area contributed by atoms with E-state index in [0.29, 0.717) is 5.69 Å². The van der Waals surface area contributed by atoms with Gasteiger partial charge in [0.05, 0.1) is 0 Å². The number of rotatable bonds is 1. The van der Waals surface area contributed by atoms with Crippen molar-refractivity contribution in [2.45, 2.75) is 25.3 Å². The van der Waals surface area contributed by atoms with Crippen LogP contribution in [0.4, 0.5) is 0 Å². The van der Waals surface area contributed by atoms with Crippen molar-refractivity contribution in [3.8, 4) is 0 Å². The fraction of sp³-hybridized carbons (Fsp3) is 0.500. The van der Waals surface area contributed by atoms with Crippen LogP contribution in [0.5, 0.6) is 0 Å². The van der Waals surface area contributed by atoms with Crippen LogP contribution in [0.2, 0.25) is 0 Å². The van der Waals surface area contributed by atoms with Crippen molar-refractivity contribution in [1.29, 1.82) is 0 Å². The number of primary amides is 1. The van der Waals surface area contributed by atoms with Crippen molar-refractivity contribution in [3.63, 3.8) is 0 Å². The van der Waals surface area contributed by atoms with Crippen LogP contribution < -0.4 is 11.5 Å². The Balaban J connectivity index is 2.39. The number of carbonyl (C=O) groups excluding carboxylic acids is 1. The van der Waals surface area contributed by atoms with E-state index < -0.39 is 5.91 Å². The molecule has 0 saturated heterocycles. The lowest BCUT2D eigenvalue weighted by molar-refractivity contribution is 0.0994. The number of nitrogens with one attached hydrogen (secondary N) is 1. The number of amides is 1. The Morgan fingerprint density at radius 3 is 3.08 bits per heavy atom. The molecular formula is C8H12N4O. The zero-order valence-electron chi connectivity index (χ0n) is 7.21. The maximum Gasteiger partial charge on any atom is 0.269 e. The zero-order chi connectivity index (χ0) is 9.42. The zero-order valence-corrected chi connectivity index (χ0v) is 7.21. The van der Waals surface area contributed by atoms with Gasteiger partial charge in [-0.2, -0.15) is 5.10 Å². The van der Waals surface area contributed by atoms with Crippen molar-refractivity contribution in [2.75, 3.05) is 0 Å². The van der Waals surface area contributed by atoms with Crippen LogP contribution in [0.15, 0.2) is 0 Å². The van der Waals surface area contributed by atoms with Gasteiger partial charge in [0.2, 0.25) is 0 Å². The maximum atomic E-state index is 10.9. The molecule has 1 atom stereocenters. The second-order valence-electron chi connectivity index (χ2n) is 3.40. The molecule has 5 nitrogen and oxygen atoms in total. The van der Waals surface area contributed by atoms with Crippen molar-refractivity contribution >= 4 is 5.91 Å². The quantitative estimate of drug-likeness (QED) is 0.534. The fourth-order valence-electron chi connectivity index (χ4n) is 1.74. The first-order valence-corrected chi connectivity index (χ1v) is 4.30. The van der Waals surface area contributed by atoms with Gasteiger partial charge in [0.25, 0.3) is 5.91 Å². The summed E-state index contributed by atoms with van der Waals surface area (Å²) in [7, 11) is 0. The van der Waals surface area contributed by atoms with Crippen molar-refractivity contribution in [1.82, 2.24) is 10.2 Å². The predicted molar refractivity (Wildman–Crippen MR) is 47.1 cm³/mol. The van der Waals surface area contributed by atoms with Gasteiger partial charge in [-0.15, -0.1) is 0 Å². The lowest BCUT2D eigenvalue weighted by Gasteiger charge is -2.17. The largest absolute Gasteiger partial charge is 0.364 e. The molecule has 0 fully saturated rings. The molecule has 0 bridgehead atoms. The van der Waals surface area contributed by atoms with Gasteiger partial charge in [0.15, 0.2) is 5.69 Å². The van der Waals surface area contributed by atoms with Gasteiger partial charge in [-0.25, -0.2) is 0 Å². The molecule has 1 aliphatic rings. The lowest BCUT2D eigenvalue weighted by Crippen LogP contribution is -2.28. The maximum absolute atomic E-state index is 10.9. The van der Waals surface area contributed by atoms with Gasteiger partial charge in [0, 0.05) is 23.7 Å². The molecule has 70 valence electrons. The minimum absolute atomic E-state index is 0.175. The number of carbonyl (C=O) groups is 1. The Morgan fingerprint density at radius 2 is 2.38 bits per heavy atom. The first-order chi connectivity index (χ1) is 6.18. The Kier molecular flexibility index (Phi) is 1.81. The van der Waals surface area contributed by atoms with Crippen LogP contribution in [0.3, 0.4) is 0 Å². The molecule has 0 aliphatic heterocycles. The van der Waals surface area contributed by atoms with E-state index in [4.69, 9.17) is 11.5 Å². The number of nitrogens with two attached hydrogens (primary N) is 2. The van der Waals surface area contributed by atoms with Gasteiger partial charge >= 0.3 is 0 Å². The van der Waals surface area contributed by atoms with Crippen molar-refractivity contribution < 1.29 is 4.79 Å². The monoisotopic (exact) mass is 180 g/mol. The number of aromatic nitrogens is 2. The number of aromatic amines is 1. The summed E-state index contributed by atoms with van der Waals surface area (Å²) in [5.74, 6) is -0.465. The number of hydrogen-bond acceptors (Lipinski definition) is 3. The van der Waals surface area contributed by atoms with Crippen LogP contribution in [-0.2, 0) is 12.8 Å². The smallest absolute Gasteiger partial charge is 0.269 e. The summed E-state index contributed by atoms with van der Waals surface area (Å²) < 4.78 is 0. The molecule has 1 aromatic rings. The predicted octanol–water partition coefficient (Wildman–Crippen LogP) is -0.675. The molecule has 0 saturated carbocycles. The Morgan fingerprint density at radius 1 is 1.62 bits per heavy atom. The molecule has 0 spiro atoms. The molecule has 1 aromatic heterocycles. The first kappa shape index (κ1) is 8.25. The highest BCUT2D eigenvalue weighted by atomic mass is 16.1. The fourth-order valence-corrected chi connectivity index (χ4v) is 1.74. The molecule has 2 rings (SSSR count). The summed E-state index contributed by atoms with van der Waals surface area (Å²) in [6.45, 7) is 0. The molecule has 5 heteroatoms. The van der Waals surface area contributed by atoms with Crippen molar-refractivity contribution in [3.05, 3.63) is 17.0 Å². The highest BCUT2D eigenvalue weighted by molar-refractivity contribution is 5.92. The Bertz CT molecular complexity index is 344. The average Bonchev–Trinajstić information content (AvgIpc) is 2.46. The minimum Gasteiger partial charge on any atom is -0.364 e. The molecule has 1 unspecified atom stereocenters. The molecule has 0 radical (unpaired) electrons. The van der Waals surface area contributed by atoms with Gasteiger partial charge in [-0.1, -0.05) is 0 Å². The van der Waals surface area contributed by atoms with Gasteiger partial charge < -0.3 is 11.5 Å². The van der Waals surface area contributed by atoms with E-state index in [0.717, 1.165) is 30.5 Å². The standard InChI is InChI=1S/C8H12N4O/c9-4-1-2-5-6(3-4)11-12-7(5)8(10)13/h4H,1-3,9H2,(H2,10,13)(H,11,12). The molecule has 1 amide bonds. The Hall–Kier alpha value is -1.36. The number of H-pyrrole nitrogens is 1. The summed E-state index contributed by atoms with van der Waals surface area (Å²) >= 11 is 0. The molecule has 1 aliphatic carbocycles. The van der Waals surface area contributed by atoms with E-state index in [1.54, 1.807) is 0 Å². The molecule has 0 aromatic carbocycles. The summed E-state index contributed by atoms with van der Waals surface area (Å²) in [6, 6.07) is 0.175. The van der Waals surface area contributed by atoms with E-state index in [1.807, 2.05) is 0 Å². The third-order valence-electron chi connectivity index (χ3n) is 2.42. The summed E-state index contributed by atoms with van der Waals surface area (Å²) in [4.78, 5) is 10.9. The van der Waals surface area contributed by atoms with Crippen LogP contribution >= 0.6 is 0 Å². The van der Waals surface area contributed by atoms with E-state index in [1.165, 1.54) is 0 Å². The third kappa shape index (κ3) is 1.31. The number of fused-ring (bicyclic) bond motifs is 1. The van der Waals surface area contributed by atoms with Gasteiger partial charge in [0.1, 0.15) is 0 Å². The van der Waals surface area contributed by atoms with Crippen LogP contribution in [0.1, 0.15) is 28.2 Å². The summed E-state index contributed by atoms with van der Waals surface area (Å²) in [5, 5.41) is 6.68. The van der Waals surface area contributed by atoms with Crippen LogP contribution in [0.25, 0.3) is 0 Å². The lowest BCUT2D eigenvalue weighted by atomic mass is 9.92. The minimum atomic E-state index is -0.465. The second kappa shape index (κ2) is 2.85. The average molecular weight is 180 g/mol. The highest BCUT2D eigenvalue weighted by Crippen LogP contribution is 2.21. The molecule has 13 heavy (non-hydrogen) atoms. The number of hydrogen-bond donors (Lipinski definition) is 3. The SMILES string of the molecule is NC(=O)c1n[nH]c2c1CCC(N)C2. The molecular weight excluding hydrogens is 168 g/mol. The summed E-state index contributed by atoms with van der Waals surface area (Å²) in [6.07, 6.45) is 2.45. The first-order valence-electron chi connectivity index (χ1n) is 4.30. The highest BCUT2D eigenvalue weighted by Gasteiger charge is 2.23. The normalized spacial score (nSPS) is 21.2. The summed E-state index contributed by atoms with van der Waals surface area (Å²) in [5.41, 5.74) is 13.2.